The van der Waals surface area contributed by atoms with Gasteiger partial charge in [-0.1, -0.05) is 25.2 Å². The second-order valence-electron chi connectivity index (χ2n) is 4.84. The summed E-state index contributed by atoms with van der Waals surface area (Å²) in [6.07, 6.45) is 4.00. The zero-order valence-corrected chi connectivity index (χ0v) is 11.2. The molecule has 0 aliphatic heterocycles. The summed E-state index contributed by atoms with van der Waals surface area (Å²) >= 11 is 0. The van der Waals surface area contributed by atoms with E-state index in [-0.39, 0.29) is 0 Å². The van der Waals surface area contributed by atoms with Crippen molar-refractivity contribution in [3.8, 4) is 11.6 Å². The second-order valence-corrected chi connectivity index (χ2v) is 9.59. The highest BCUT2D eigenvalue weighted by molar-refractivity contribution is 6.83. The third-order valence-corrected chi connectivity index (χ3v) is 2.75. The number of rotatable bonds is 1. The van der Waals surface area contributed by atoms with Crippen LogP contribution in [0, 0.1) is 11.6 Å². The molecule has 0 N–H and O–H groups in total. The van der Waals surface area contributed by atoms with Gasteiger partial charge in [0, 0.05) is 31.9 Å². The second kappa shape index (κ2) is 4.50. The molecule has 0 saturated carbocycles. The topological polar surface area (TPSA) is 7.12 Å². The van der Waals surface area contributed by atoms with Crippen LogP contribution < -0.4 is 9.47 Å². The molecule has 0 bridgehead atoms. The Balaban J connectivity index is 2.85. The molecule has 80 valence electrons. The fraction of sp³-hybridized carbons (Fsp3) is 0.417. The van der Waals surface area contributed by atoms with Gasteiger partial charge in [-0.05, 0) is 0 Å². The molecule has 2 nitrogen and oxygen atoms in total. The van der Waals surface area contributed by atoms with Crippen molar-refractivity contribution in [2.75, 3.05) is 19.0 Å². The molecule has 3 heteroatoms. The fourth-order valence-corrected chi connectivity index (χ4v) is 1.49. The van der Waals surface area contributed by atoms with Crippen LogP contribution in [0.15, 0.2) is 24.5 Å². The van der Waals surface area contributed by atoms with Crippen molar-refractivity contribution >= 4 is 13.8 Å². The lowest BCUT2D eigenvalue weighted by Crippen LogP contribution is -2.29. The van der Waals surface area contributed by atoms with Gasteiger partial charge in [0.2, 0.25) is 6.04 Å². The molecule has 1 aromatic heterocycles. The van der Waals surface area contributed by atoms with Crippen LogP contribution in [-0.2, 0) is 0 Å². The van der Waals surface area contributed by atoms with E-state index >= 15 is 0 Å². The summed E-state index contributed by atoms with van der Waals surface area (Å²) in [6.45, 7) is 6.73. The van der Waals surface area contributed by atoms with Gasteiger partial charge in [0.25, 0.3) is 0 Å². The third-order valence-electron chi connectivity index (χ3n) is 1.89. The van der Waals surface area contributed by atoms with Gasteiger partial charge in [-0.2, -0.15) is 0 Å². The lowest BCUT2D eigenvalue weighted by molar-refractivity contribution is -0.583. The van der Waals surface area contributed by atoms with Crippen molar-refractivity contribution in [3.05, 3.63) is 24.5 Å². The van der Waals surface area contributed by atoms with Gasteiger partial charge < -0.3 is 4.90 Å². The highest BCUT2D eigenvalue weighted by Gasteiger charge is 2.09. The zero-order valence-electron chi connectivity index (χ0n) is 10.2. The van der Waals surface area contributed by atoms with Gasteiger partial charge in [-0.15, -0.1) is 4.57 Å². The minimum absolute atomic E-state index is 1.20. The van der Waals surface area contributed by atoms with Gasteiger partial charge in [0.1, 0.15) is 8.07 Å². The average Bonchev–Trinajstić information content (AvgIpc) is 2.14. The molecular formula is C12H19N2Si+. The molecule has 0 aliphatic carbocycles. The van der Waals surface area contributed by atoms with Gasteiger partial charge in [0.05, 0.1) is 0 Å². The van der Waals surface area contributed by atoms with E-state index < -0.39 is 8.07 Å². The third kappa shape index (κ3) is 4.18. The molecule has 0 aliphatic rings. The summed E-state index contributed by atoms with van der Waals surface area (Å²) in [5.41, 5.74) is 4.52. The van der Waals surface area contributed by atoms with Crippen LogP contribution in [-0.4, -0.2) is 22.2 Å². The summed E-state index contributed by atoms with van der Waals surface area (Å²) in [6, 6.07) is 7.30. The molecule has 0 spiro atoms. The molecule has 0 aromatic carbocycles. The zero-order chi connectivity index (χ0) is 11.5. The number of nitrogens with zero attached hydrogens (tertiary/aromatic N) is 2. The molecular weight excluding hydrogens is 200 g/mol. The molecule has 15 heavy (non-hydrogen) atoms. The molecule has 1 aromatic rings. The number of pyridine rings is 1. The molecule has 1 rings (SSSR count). The van der Waals surface area contributed by atoms with Crippen LogP contribution in [0.4, 0.5) is 5.69 Å². The van der Waals surface area contributed by atoms with E-state index in [1.165, 1.54) is 5.69 Å². The van der Waals surface area contributed by atoms with Crippen molar-refractivity contribution in [1.29, 1.82) is 0 Å². The normalized spacial score (nSPS) is 10.5. The molecule has 0 saturated heterocycles. The van der Waals surface area contributed by atoms with E-state index in [1.807, 2.05) is 31.1 Å². The first-order chi connectivity index (χ1) is 6.88. The quantitative estimate of drug-likeness (QED) is 0.396. The maximum Gasteiger partial charge on any atom is 0.221 e. The summed E-state index contributed by atoms with van der Waals surface area (Å²) in [7, 11) is 2.80. The van der Waals surface area contributed by atoms with Crippen molar-refractivity contribution in [3.63, 3.8) is 0 Å². The lowest BCUT2D eigenvalue weighted by atomic mass is 10.4. The Hall–Kier alpha value is -1.27. The van der Waals surface area contributed by atoms with Crippen molar-refractivity contribution in [1.82, 2.24) is 0 Å². The Morgan fingerprint density at radius 2 is 1.67 bits per heavy atom. The van der Waals surface area contributed by atoms with E-state index in [2.05, 4.69) is 48.3 Å². The van der Waals surface area contributed by atoms with Crippen molar-refractivity contribution < 1.29 is 4.57 Å². The first-order valence-corrected chi connectivity index (χ1v) is 8.60. The van der Waals surface area contributed by atoms with E-state index in [4.69, 9.17) is 0 Å². The summed E-state index contributed by atoms with van der Waals surface area (Å²) in [4.78, 5) is 2.08. The molecule has 0 radical (unpaired) electrons. The molecule has 0 atom stereocenters. The van der Waals surface area contributed by atoms with E-state index in [1.54, 1.807) is 0 Å². The van der Waals surface area contributed by atoms with Gasteiger partial charge in [-0.3, -0.25) is 0 Å². The Morgan fingerprint density at radius 3 is 2.07 bits per heavy atom. The van der Waals surface area contributed by atoms with Crippen LogP contribution in [0.2, 0.25) is 19.6 Å². The van der Waals surface area contributed by atoms with Crippen molar-refractivity contribution in [2.45, 2.75) is 19.6 Å². The highest BCUT2D eigenvalue weighted by atomic mass is 28.3. The SMILES string of the molecule is CN(C)c1cc[n+](C#C[Si](C)(C)C)cc1. The molecule has 0 unspecified atom stereocenters. The minimum Gasteiger partial charge on any atom is -0.377 e. The van der Waals surface area contributed by atoms with Gasteiger partial charge >= 0.3 is 0 Å². The van der Waals surface area contributed by atoms with E-state index in [9.17, 15) is 0 Å². The number of hydrogen-bond donors (Lipinski definition) is 0. The first-order valence-electron chi connectivity index (χ1n) is 5.10. The molecule has 0 fully saturated rings. The molecule has 0 amide bonds. The number of hydrogen-bond acceptors (Lipinski definition) is 1. The monoisotopic (exact) mass is 219 g/mol. The van der Waals surface area contributed by atoms with Crippen LogP contribution >= 0.6 is 0 Å². The fourth-order valence-electron chi connectivity index (χ4n) is 1.02. The smallest absolute Gasteiger partial charge is 0.221 e. The number of anilines is 1. The van der Waals surface area contributed by atoms with E-state index in [0.29, 0.717) is 0 Å². The van der Waals surface area contributed by atoms with Crippen LogP contribution in [0.5, 0.6) is 0 Å². The minimum atomic E-state index is -1.27. The summed E-state index contributed by atoms with van der Waals surface area (Å²) < 4.78 is 1.92. The van der Waals surface area contributed by atoms with Gasteiger partial charge in [-0.25, -0.2) is 0 Å². The Labute approximate surface area is 93.6 Å². The Kier molecular flexibility index (Phi) is 3.54. The van der Waals surface area contributed by atoms with Crippen LogP contribution in [0.1, 0.15) is 0 Å². The van der Waals surface area contributed by atoms with E-state index in [0.717, 1.165) is 0 Å². The molecule has 1 heterocycles. The Bertz CT molecular complexity index is 377. The Morgan fingerprint density at radius 1 is 1.13 bits per heavy atom. The lowest BCUT2D eigenvalue weighted by Gasteiger charge is -2.09. The summed E-state index contributed by atoms with van der Waals surface area (Å²) in [5.74, 6) is 0. The predicted molar refractivity (Wildman–Crippen MR) is 67.5 cm³/mol. The first kappa shape index (κ1) is 11.8. The predicted octanol–water partition coefficient (Wildman–Crippen LogP) is 1.73. The maximum absolute atomic E-state index is 3.33. The highest BCUT2D eigenvalue weighted by Crippen LogP contribution is 2.05. The average molecular weight is 219 g/mol. The standard InChI is InChI=1S/C12H19N2Si/c1-13(2)12-6-8-14(9-7-12)10-11-15(3,4)5/h6-9H,1-5H3/q+1. The van der Waals surface area contributed by atoms with Crippen LogP contribution in [0.3, 0.4) is 0 Å². The largest absolute Gasteiger partial charge is 0.377 e. The van der Waals surface area contributed by atoms with Crippen LogP contribution in [0.25, 0.3) is 0 Å². The number of aromatic nitrogens is 1. The van der Waals surface area contributed by atoms with Crippen molar-refractivity contribution in [2.24, 2.45) is 0 Å². The summed E-state index contributed by atoms with van der Waals surface area (Å²) in [5, 5.41) is 0. The van der Waals surface area contributed by atoms with Gasteiger partial charge in [0.15, 0.2) is 12.4 Å². The maximum atomic E-state index is 3.33.